The van der Waals surface area contributed by atoms with Crippen molar-refractivity contribution in [1.29, 1.82) is 0 Å². The van der Waals surface area contributed by atoms with E-state index in [0.717, 1.165) is 0 Å². The number of benzene rings is 3. The summed E-state index contributed by atoms with van der Waals surface area (Å²) in [5, 5.41) is 75.9. The number of phenols is 2. The van der Waals surface area contributed by atoms with E-state index in [9.17, 15) is 59.7 Å². The van der Waals surface area contributed by atoms with Gasteiger partial charge in [0.15, 0.2) is 37.3 Å². The number of morpholine rings is 1. The number of esters is 1. The maximum atomic E-state index is 14.2. The number of aliphatic hydroxyl groups is 4. The molecular formula is C47H51NO21. The van der Waals surface area contributed by atoms with E-state index < -0.39 is 145 Å². The average molecular weight is 966 g/mol. The number of fused-ring (bicyclic) bond motifs is 6. The maximum Gasteiger partial charge on any atom is 0.335 e. The number of aliphatic hydroxyl groups excluding tert-OH is 3. The number of carbonyl (C=O) groups excluding carboxylic acids is 4. The van der Waals surface area contributed by atoms with Crippen molar-refractivity contribution >= 4 is 29.3 Å². The zero-order chi connectivity index (χ0) is 49.2. The fourth-order valence-electron chi connectivity index (χ4n) is 10.2. The molecule has 4 heterocycles. The van der Waals surface area contributed by atoms with Gasteiger partial charge in [0.1, 0.15) is 53.0 Å². The van der Waals surface area contributed by atoms with Gasteiger partial charge in [0, 0.05) is 62.1 Å². The topological polar surface area (TPSA) is 313 Å². The van der Waals surface area contributed by atoms with Crippen LogP contribution in [0.15, 0.2) is 42.5 Å². The predicted molar refractivity (Wildman–Crippen MR) is 227 cm³/mol. The van der Waals surface area contributed by atoms with Gasteiger partial charge >= 0.3 is 11.9 Å². The Labute approximate surface area is 392 Å². The van der Waals surface area contributed by atoms with Crippen LogP contribution in [0.5, 0.6) is 23.0 Å². The van der Waals surface area contributed by atoms with E-state index in [1.54, 1.807) is 19.1 Å². The molecule has 0 saturated carbocycles. The van der Waals surface area contributed by atoms with Crippen LogP contribution < -0.4 is 9.47 Å². The Kier molecular flexibility index (Phi) is 13.3. The molecular weight excluding hydrogens is 915 g/mol. The monoisotopic (exact) mass is 965 g/mol. The number of ketones is 3. The Morgan fingerprint density at radius 2 is 1.62 bits per heavy atom. The molecule has 2 aliphatic carbocycles. The van der Waals surface area contributed by atoms with Crippen molar-refractivity contribution in [2.24, 2.45) is 0 Å². The van der Waals surface area contributed by atoms with Crippen LogP contribution in [-0.4, -0.2) is 177 Å². The number of nitrogens with zero attached hydrogens (tertiary/aromatic N) is 1. The van der Waals surface area contributed by atoms with E-state index in [1.165, 1.54) is 44.6 Å². The highest BCUT2D eigenvalue weighted by Gasteiger charge is 2.56. The summed E-state index contributed by atoms with van der Waals surface area (Å²) in [6.45, 7) is 1.73. The molecule has 22 heteroatoms. The Morgan fingerprint density at radius 1 is 0.884 bits per heavy atom. The summed E-state index contributed by atoms with van der Waals surface area (Å²) in [6, 6.07) is 10.0. The van der Waals surface area contributed by atoms with Gasteiger partial charge in [0.05, 0.1) is 42.6 Å². The predicted octanol–water partition coefficient (Wildman–Crippen LogP) is 0.166. The minimum atomic E-state index is -2.43. The number of Topliss-reactive ketones (excluding diaryl/α,β-unsaturated/α-hetero) is 1. The van der Waals surface area contributed by atoms with Gasteiger partial charge in [-0.15, -0.1) is 0 Å². The van der Waals surface area contributed by atoms with Crippen LogP contribution in [0.3, 0.4) is 0 Å². The lowest BCUT2D eigenvalue weighted by Gasteiger charge is -2.43. The van der Waals surface area contributed by atoms with Gasteiger partial charge in [-0.05, 0) is 37.1 Å². The first-order valence-corrected chi connectivity index (χ1v) is 22.3. The number of rotatable bonds is 13. The second-order valence-corrected chi connectivity index (χ2v) is 17.8. The first-order valence-electron chi connectivity index (χ1n) is 22.3. The highest BCUT2D eigenvalue weighted by atomic mass is 16.7. The third-order valence-corrected chi connectivity index (χ3v) is 13.7. The molecule has 22 nitrogen and oxygen atoms in total. The molecule has 7 N–H and O–H groups in total. The number of hydrogen-bond donors (Lipinski definition) is 7. The lowest BCUT2D eigenvalue weighted by atomic mass is 9.72. The molecule has 3 aromatic rings. The number of phenolic OH excluding ortho intramolecular Hbond substituents is 2. The lowest BCUT2D eigenvalue weighted by molar-refractivity contribution is -0.271. The molecule has 1 unspecified atom stereocenters. The highest BCUT2D eigenvalue weighted by Crippen LogP contribution is 2.53. The molecule has 0 aromatic heterocycles. The molecule has 4 aliphatic heterocycles. The Balaban J connectivity index is 0.925. The third kappa shape index (κ3) is 8.62. The van der Waals surface area contributed by atoms with E-state index >= 15 is 0 Å². The summed E-state index contributed by atoms with van der Waals surface area (Å²) >= 11 is 0. The van der Waals surface area contributed by atoms with Gasteiger partial charge in [-0.2, -0.15) is 0 Å². The summed E-state index contributed by atoms with van der Waals surface area (Å²) in [7, 11) is 2.82. The van der Waals surface area contributed by atoms with Gasteiger partial charge in [-0.3, -0.25) is 24.1 Å². The first-order chi connectivity index (χ1) is 32.9. The molecule has 370 valence electrons. The van der Waals surface area contributed by atoms with Crippen molar-refractivity contribution in [3.63, 3.8) is 0 Å². The van der Waals surface area contributed by atoms with Crippen LogP contribution in [-0.2, 0) is 60.4 Å². The van der Waals surface area contributed by atoms with Gasteiger partial charge in [-0.25, -0.2) is 4.79 Å². The summed E-state index contributed by atoms with van der Waals surface area (Å²) < 4.78 is 51.8. The van der Waals surface area contributed by atoms with Crippen LogP contribution in [0.1, 0.15) is 80.8 Å². The van der Waals surface area contributed by atoms with Crippen molar-refractivity contribution in [1.82, 2.24) is 4.90 Å². The third-order valence-electron chi connectivity index (χ3n) is 13.7. The van der Waals surface area contributed by atoms with E-state index in [4.69, 9.17) is 42.6 Å². The quantitative estimate of drug-likeness (QED) is 0.0694. The largest absolute Gasteiger partial charge is 0.507 e. The number of carboxylic acids is 1. The number of aryl methyl sites for hydroxylation is 1. The van der Waals surface area contributed by atoms with Crippen molar-refractivity contribution in [2.75, 3.05) is 34.0 Å². The second-order valence-electron chi connectivity index (χ2n) is 17.8. The molecule has 4 saturated heterocycles. The number of methoxy groups -OCH3 is 2. The first kappa shape index (κ1) is 48.4. The fourth-order valence-corrected chi connectivity index (χ4v) is 10.2. The van der Waals surface area contributed by atoms with E-state index in [2.05, 4.69) is 4.90 Å². The van der Waals surface area contributed by atoms with Crippen molar-refractivity contribution < 1.29 is 102 Å². The van der Waals surface area contributed by atoms with Crippen molar-refractivity contribution in [3.05, 3.63) is 81.4 Å². The van der Waals surface area contributed by atoms with Gasteiger partial charge in [-0.1, -0.05) is 24.3 Å². The molecule has 0 radical (unpaired) electrons. The maximum absolute atomic E-state index is 14.2. The molecule has 0 bridgehead atoms. The highest BCUT2D eigenvalue weighted by molar-refractivity contribution is 6.31. The van der Waals surface area contributed by atoms with Crippen LogP contribution in [0, 0.1) is 0 Å². The molecule has 13 atom stereocenters. The Morgan fingerprint density at radius 3 is 2.33 bits per heavy atom. The molecule has 9 rings (SSSR count). The van der Waals surface area contributed by atoms with Crippen molar-refractivity contribution in [2.45, 2.75) is 118 Å². The summed E-state index contributed by atoms with van der Waals surface area (Å²) in [6.07, 6.45) is -14.9. The number of hydrogen-bond acceptors (Lipinski definition) is 21. The minimum absolute atomic E-state index is 0.0589. The van der Waals surface area contributed by atoms with Gasteiger partial charge in [0.2, 0.25) is 17.9 Å². The standard InChI is InChI=1S/C47H51NO21/c1-19-41-24(48-13-14-63-46(62-3)43(48)68-41)15-29(65-19)67-26-17-47(60,16-23-31(26)37(54)33-32(35(23)52)34(51)22-5-4-6-25(61-2)30(22)36(33)53)27(49)18-64-28(50)12-9-20-7-10-21(11-8-20)66-45-40(57)38(55)39(56)42(69-45)44(58)59/h4-8,10-11,19,24,26,29,38-43,45-46,52,54-57,60H,9,12-18H2,1-3H3,(H,58,59)/t19-,24-,26-,29-,38-,39-,40+,41+,42-,43+,45?,46-,47-/m0/s1. The summed E-state index contributed by atoms with van der Waals surface area (Å²) in [5.41, 5.74) is -3.51. The van der Waals surface area contributed by atoms with E-state index in [1.807, 2.05) is 0 Å². The zero-order valence-electron chi connectivity index (χ0n) is 37.4. The van der Waals surface area contributed by atoms with Gasteiger partial charge in [0.25, 0.3) is 0 Å². The second kappa shape index (κ2) is 18.9. The summed E-state index contributed by atoms with van der Waals surface area (Å²) in [5.74, 6) is -6.33. The fraction of sp³-hybridized carbons (Fsp3) is 0.511. The molecule has 3 aromatic carbocycles. The van der Waals surface area contributed by atoms with E-state index in [0.29, 0.717) is 18.7 Å². The average Bonchev–Trinajstić information content (AvgIpc) is 3.72. The summed E-state index contributed by atoms with van der Waals surface area (Å²) in [4.78, 5) is 68.9. The van der Waals surface area contributed by atoms with E-state index in [-0.39, 0.29) is 59.1 Å². The van der Waals surface area contributed by atoms with Gasteiger partial charge < -0.3 is 78.4 Å². The molecule has 0 amide bonds. The molecule has 0 spiro atoms. The zero-order valence-corrected chi connectivity index (χ0v) is 37.4. The van der Waals surface area contributed by atoms with Crippen LogP contribution in [0.25, 0.3) is 0 Å². The molecule has 4 fully saturated rings. The number of carboxylic acid groups (broad SMARTS) is 1. The van der Waals surface area contributed by atoms with Crippen LogP contribution >= 0.6 is 0 Å². The number of aliphatic carboxylic acids is 1. The molecule has 6 aliphatic rings. The lowest BCUT2D eigenvalue weighted by Crippen LogP contribution is -2.61. The van der Waals surface area contributed by atoms with Crippen LogP contribution in [0.4, 0.5) is 0 Å². The number of aromatic hydroxyl groups is 2. The normalized spacial score (nSPS) is 32.7. The number of carbonyl (C=O) groups is 5. The van der Waals surface area contributed by atoms with Crippen molar-refractivity contribution in [3.8, 4) is 23.0 Å². The minimum Gasteiger partial charge on any atom is -0.507 e. The number of ether oxygens (including phenoxy) is 9. The molecule has 69 heavy (non-hydrogen) atoms. The Hall–Kier alpha value is -5.63. The smallest absolute Gasteiger partial charge is 0.335 e. The van der Waals surface area contributed by atoms with Crippen LogP contribution in [0.2, 0.25) is 0 Å². The SMILES string of the molecule is COc1cccc2c1C(=O)c1c(O)c3c(c(O)c1C2=O)C[C@@](O)(C(=O)COC(=O)CCc1ccc(OC2O[C@H](C(=O)O)[C@@H](O)[C@H](O)[C@H]2O)cc1)C[C@@H]3O[C@H]1C[C@H]2[C@H](O[C@@H]3[C@@H](OC)OCCN32)[C@H](C)O1. The Bertz CT molecular complexity index is 2530.